The molecule has 0 aromatic carbocycles. The van der Waals surface area contributed by atoms with Gasteiger partial charge in [-0.2, -0.15) is 0 Å². The minimum atomic E-state index is 0.242. The molecule has 2 heteroatoms. The fourth-order valence-corrected chi connectivity index (χ4v) is 0.700. The number of carbonyl (C=O) groups is 1. The molecule has 0 aromatic rings. The van der Waals surface area contributed by atoms with Gasteiger partial charge in [-0.05, 0) is 12.8 Å². The van der Waals surface area contributed by atoms with Crippen LogP contribution in [-0.4, -0.2) is 19.0 Å². The third-order valence-corrected chi connectivity index (χ3v) is 1.31. The van der Waals surface area contributed by atoms with Gasteiger partial charge in [-0.3, -0.25) is 0 Å². The molecule has 0 heterocycles. The Bertz CT molecular complexity index is 67.3. The summed E-state index contributed by atoms with van der Waals surface area (Å²) in [6.07, 6.45) is 3.04. The maximum Gasteiger partial charge on any atom is 0.145 e. The second kappa shape index (κ2) is 5.76. The van der Waals surface area contributed by atoms with E-state index < -0.39 is 0 Å². The summed E-state index contributed by atoms with van der Waals surface area (Å²) < 4.78 is 5.12. The molecule has 9 heavy (non-hydrogen) atoms. The van der Waals surface area contributed by atoms with Crippen LogP contribution in [0.25, 0.3) is 0 Å². The van der Waals surface area contributed by atoms with Gasteiger partial charge in [-0.25, -0.2) is 0 Å². The van der Waals surface area contributed by atoms with Gasteiger partial charge < -0.3 is 9.53 Å². The van der Waals surface area contributed by atoms with E-state index in [1.165, 1.54) is 0 Å². The van der Waals surface area contributed by atoms with Crippen molar-refractivity contribution in [3.8, 4) is 0 Å². The van der Waals surface area contributed by atoms with Crippen molar-refractivity contribution in [1.29, 1.82) is 0 Å². The van der Waals surface area contributed by atoms with Crippen LogP contribution in [0.3, 0.4) is 0 Å². The Morgan fingerprint density at radius 3 is 2.33 bits per heavy atom. The number of ether oxygens (including phenoxy) is 1. The first kappa shape index (κ1) is 8.63. The standard InChI is InChI=1S/C7H14O2/c1-3-7(4-2)9-6-5-8/h5,7H,3-4,6H2,1-2H3. The van der Waals surface area contributed by atoms with Crippen molar-refractivity contribution in [1.82, 2.24) is 0 Å². The predicted molar refractivity (Wildman–Crippen MR) is 36.4 cm³/mol. The normalized spacial score (nSPS) is 10.1. The van der Waals surface area contributed by atoms with E-state index in [2.05, 4.69) is 13.8 Å². The van der Waals surface area contributed by atoms with E-state index >= 15 is 0 Å². The average molecular weight is 130 g/mol. The summed E-state index contributed by atoms with van der Waals surface area (Å²) in [5, 5.41) is 0. The molecule has 0 spiro atoms. The van der Waals surface area contributed by atoms with Gasteiger partial charge in [-0.1, -0.05) is 13.8 Å². The van der Waals surface area contributed by atoms with Crippen LogP contribution < -0.4 is 0 Å². The lowest BCUT2D eigenvalue weighted by Gasteiger charge is -2.09. The summed E-state index contributed by atoms with van der Waals surface area (Å²) in [6, 6.07) is 0. The minimum Gasteiger partial charge on any atom is -0.371 e. The molecule has 54 valence electrons. The van der Waals surface area contributed by atoms with Gasteiger partial charge in [0.25, 0.3) is 0 Å². The summed E-state index contributed by atoms with van der Waals surface area (Å²) in [7, 11) is 0. The molecule has 0 aliphatic carbocycles. The summed E-state index contributed by atoms with van der Waals surface area (Å²) in [4.78, 5) is 9.82. The molecule has 0 saturated carbocycles. The molecule has 0 aromatic heterocycles. The van der Waals surface area contributed by atoms with Crippen LogP contribution >= 0.6 is 0 Å². The molecule has 0 aliphatic heterocycles. The zero-order chi connectivity index (χ0) is 7.11. The van der Waals surface area contributed by atoms with Gasteiger partial charge >= 0.3 is 0 Å². The lowest BCUT2D eigenvalue weighted by atomic mass is 10.2. The van der Waals surface area contributed by atoms with Gasteiger partial charge in [0.05, 0.1) is 6.10 Å². The van der Waals surface area contributed by atoms with Crippen LogP contribution in [0.2, 0.25) is 0 Å². The van der Waals surface area contributed by atoms with E-state index in [1.807, 2.05) is 0 Å². The quantitative estimate of drug-likeness (QED) is 0.526. The fraction of sp³-hybridized carbons (Fsp3) is 0.857. The van der Waals surface area contributed by atoms with Crippen molar-refractivity contribution in [2.24, 2.45) is 0 Å². The number of hydrogen-bond donors (Lipinski definition) is 0. The van der Waals surface area contributed by atoms with Crippen molar-refractivity contribution in [2.75, 3.05) is 6.61 Å². The van der Waals surface area contributed by atoms with E-state index in [0.717, 1.165) is 19.1 Å². The molecule has 0 N–H and O–H groups in total. The maximum absolute atomic E-state index is 9.82. The molecule has 0 bridgehead atoms. The van der Waals surface area contributed by atoms with E-state index in [4.69, 9.17) is 4.74 Å². The molecule has 0 unspecified atom stereocenters. The Hall–Kier alpha value is -0.370. The number of carbonyl (C=O) groups excluding carboxylic acids is 1. The number of hydrogen-bond acceptors (Lipinski definition) is 2. The smallest absolute Gasteiger partial charge is 0.145 e. The molecule has 2 nitrogen and oxygen atoms in total. The second-order valence-electron chi connectivity index (χ2n) is 1.94. The average Bonchev–Trinajstić information content (AvgIpc) is 1.91. The van der Waals surface area contributed by atoms with Crippen LogP contribution in [0, 0.1) is 0 Å². The zero-order valence-corrected chi connectivity index (χ0v) is 6.09. The van der Waals surface area contributed by atoms with Crippen molar-refractivity contribution >= 4 is 6.29 Å². The summed E-state index contributed by atoms with van der Waals surface area (Å²) in [6.45, 7) is 4.35. The molecule has 0 atom stereocenters. The largest absolute Gasteiger partial charge is 0.371 e. The van der Waals surface area contributed by atoms with Gasteiger partial charge in [0.15, 0.2) is 0 Å². The van der Waals surface area contributed by atoms with Crippen molar-refractivity contribution in [3.05, 3.63) is 0 Å². The van der Waals surface area contributed by atoms with E-state index in [0.29, 0.717) is 0 Å². The molecule has 0 saturated heterocycles. The highest BCUT2D eigenvalue weighted by atomic mass is 16.5. The Morgan fingerprint density at radius 1 is 1.44 bits per heavy atom. The monoisotopic (exact) mass is 130 g/mol. The van der Waals surface area contributed by atoms with Gasteiger partial charge in [0.2, 0.25) is 0 Å². The topological polar surface area (TPSA) is 26.3 Å². The van der Waals surface area contributed by atoms with Gasteiger partial charge in [0.1, 0.15) is 12.9 Å². The maximum atomic E-state index is 9.82. The molecule has 0 fully saturated rings. The Labute approximate surface area is 56.2 Å². The predicted octanol–water partition coefficient (Wildman–Crippen LogP) is 1.39. The third kappa shape index (κ3) is 4.15. The highest BCUT2D eigenvalue weighted by Gasteiger charge is 2.00. The fourth-order valence-electron chi connectivity index (χ4n) is 0.700. The Kier molecular flexibility index (Phi) is 5.52. The molecule has 0 radical (unpaired) electrons. The van der Waals surface area contributed by atoms with Crippen LogP contribution in [-0.2, 0) is 9.53 Å². The third-order valence-electron chi connectivity index (χ3n) is 1.31. The van der Waals surface area contributed by atoms with Crippen molar-refractivity contribution < 1.29 is 9.53 Å². The van der Waals surface area contributed by atoms with Gasteiger partial charge in [0, 0.05) is 0 Å². The van der Waals surface area contributed by atoms with Crippen LogP contribution in [0.5, 0.6) is 0 Å². The summed E-state index contributed by atoms with van der Waals surface area (Å²) in [5.74, 6) is 0. The van der Waals surface area contributed by atoms with Crippen LogP contribution in [0.4, 0.5) is 0 Å². The molecule has 0 aliphatic rings. The number of aldehydes is 1. The van der Waals surface area contributed by atoms with E-state index in [9.17, 15) is 4.79 Å². The molecular weight excluding hydrogens is 116 g/mol. The van der Waals surface area contributed by atoms with Crippen LogP contribution in [0.1, 0.15) is 26.7 Å². The van der Waals surface area contributed by atoms with E-state index in [-0.39, 0.29) is 12.7 Å². The lowest BCUT2D eigenvalue weighted by Crippen LogP contribution is -2.11. The highest BCUT2D eigenvalue weighted by molar-refractivity contribution is 5.50. The van der Waals surface area contributed by atoms with Crippen molar-refractivity contribution in [2.45, 2.75) is 32.8 Å². The first-order valence-electron chi connectivity index (χ1n) is 3.40. The van der Waals surface area contributed by atoms with Gasteiger partial charge in [-0.15, -0.1) is 0 Å². The number of rotatable bonds is 5. The van der Waals surface area contributed by atoms with E-state index in [1.54, 1.807) is 0 Å². The first-order valence-corrected chi connectivity index (χ1v) is 3.40. The lowest BCUT2D eigenvalue weighted by molar-refractivity contribution is -0.113. The minimum absolute atomic E-state index is 0.242. The highest BCUT2D eigenvalue weighted by Crippen LogP contribution is 2.00. The van der Waals surface area contributed by atoms with Crippen LogP contribution in [0.15, 0.2) is 0 Å². The first-order chi connectivity index (χ1) is 4.35. The molecule has 0 rings (SSSR count). The Balaban J connectivity index is 3.19. The van der Waals surface area contributed by atoms with Crippen molar-refractivity contribution in [3.63, 3.8) is 0 Å². The molecular formula is C7H14O2. The second-order valence-corrected chi connectivity index (χ2v) is 1.94. The summed E-state index contributed by atoms with van der Waals surface area (Å²) in [5.41, 5.74) is 0. The Morgan fingerprint density at radius 2 is 2.00 bits per heavy atom. The zero-order valence-electron chi connectivity index (χ0n) is 6.09. The molecule has 0 amide bonds. The summed E-state index contributed by atoms with van der Waals surface area (Å²) >= 11 is 0. The SMILES string of the molecule is CCC(CC)OCC=O.